The quantitative estimate of drug-likeness (QED) is 0.792. The van der Waals surface area contributed by atoms with Crippen molar-refractivity contribution >= 4 is 34.8 Å². The zero-order valence-corrected chi connectivity index (χ0v) is 11.7. The van der Waals surface area contributed by atoms with E-state index in [4.69, 9.17) is 0 Å². The van der Waals surface area contributed by atoms with Crippen LogP contribution in [0.25, 0.3) is 10.8 Å². The number of aliphatic hydroxyl groups excluding tert-OH is 1. The summed E-state index contributed by atoms with van der Waals surface area (Å²) in [6.07, 6.45) is 0.0479. The van der Waals surface area contributed by atoms with E-state index in [-0.39, 0.29) is 24.4 Å². The average molecular weight is 293 g/mol. The van der Waals surface area contributed by atoms with Gasteiger partial charge in [-0.1, -0.05) is 30.3 Å². The maximum absolute atomic E-state index is 12.0. The Morgan fingerprint density at radius 1 is 1.20 bits per heavy atom. The van der Waals surface area contributed by atoms with Crippen LogP contribution in [0.3, 0.4) is 0 Å². The zero-order chi connectivity index (χ0) is 13.2. The fourth-order valence-corrected chi connectivity index (χ4v) is 2.41. The first-order valence-corrected chi connectivity index (χ1v) is 6.43. The molecule has 1 heterocycles. The van der Waals surface area contributed by atoms with Crippen molar-refractivity contribution in [3.8, 4) is 0 Å². The number of carbonyl (C=O) groups is 1. The normalized spacial score (nSPS) is 21.4. The van der Waals surface area contributed by atoms with Crippen molar-refractivity contribution in [3.63, 3.8) is 0 Å². The molecule has 106 valence electrons. The number of β-amino-alcohol motifs (C(OH)–C–C–N with tert-alkyl or cyclic N) is 1. The van der Waals surface area contributed by atoms with E-state index in [1.54, 1.807) is 0 Å². The van der Waals surface area contributed by atoms with Crippen LogP contribution in [0.2, 0.25) is 0 Å². The Labute approximate surface area is 123 Å². The molecule has 2 unspecified atom stereocenters. The molecule has 0 saturated carbocycles. The second kappa shape index (κ2) is 6.22. The first kappa shape index (κ1) is 14.8. The van der Waals surface area contributed by atoms with E-state index in [2.05, 4.69) is 10.6 Å². The Kier molecular flexibility index (Phi) is 4.60. The average Bonchev–Trinajstić information content (AvgIpc) is 2.85. The number of benzene rings is 2. The highest BCUT2D eigenvalue weighted by Crippen LogP contribution is 2.19. The number of rotatable bonds is 2. The molecular weight excluding hydrogens is 276 g/mol. The third kappa shape index (κ3) is 3.10. The monoisotopic (exact) mass is 292 g/mol. The first-order valence-electron chi connectivity index (χ1n) is 6.43. The molecule has 1 aliphatic rings. The van der Waals surface area contributed by atoms with Crippen LogP contribution < -0.4 is 10.6 Å². The van der Waals surface area contributed by atoms with Crippen molar-refractivity contribution in [2.45, 2.75) is 18.6 Å². The number of fused-ring (bicyclic) bond motifs is 1. The number of carbonyl (C=O) groups excluding carboxylic acids is 1. The van der Waals surface area contributed by atoms with Crippen LogP contribution in [-0.4, -0.2) is 29.7 Å². The zero-order valence-electron chi connectivity index (χ0n) is 10.9. The van der Waals surface area contributed by atoms with E-state index in [0.717, 1.165) is 16.5 Å². The van der Waals surface area contributed by atoms with Gasteiger partial charge in [-0.25, -0.2) is 0 Å². The minimum absolute atomic E-state index is 0. The van der Waals surface area contributed by atoms with Crippen molar-refractivity contribution in [1.82, 2.24) is 5.32 Å². The second-order valence-corrected chi connectivity index (χ2v) is 4.90. The van der Waals surface area contributed by atoms with Gasteiger partial charge in [0.05, 0.1) is 12.1 Å². The molecule has 0 radical (unpaired) electrons. The smallest absolute Gasteiger partial charge is 0.241 e. The fourth-order valence-electron chi connectivity index (χ4n) is 2.41. The summed E-state index contributed by atoms with van der Waals surface area (Å²) < 4.78 is 0. The lowest BCUT2D eigenvalue weighted by Crippen LogP contribution is -2.35. The molecule has 1 fully saturated rings. The Bertz CT molecular complexity index is 618. The predicted molar refractivity (Wildman–Crippen MR) is 82.2 cm³/mol. The summed E-state index contributed by atoms with van der Waals surface area (Å²) in [5, 5.41) is 17.5. The molecule has 0 bridgehead atoms. The van der Waals surface area contributed by atoms with E-state index in [0.29, 0.717) is 13.0 Å². The number of hydrogen-bond donors (Lipinski definition) is 3. The summed E-state index contributed by atoms with van der Waals surface area (Å²) in [5.41, 5.74) is 0.784. The van der Waals surface area contributed by atoms with Crippen molar-refractivity contribution < 1.29 is 9.90 Å². The highest BCUT2D eigenvalue weighted by Gasteiger charge is 2.27. The third-order valence-electron chi connectivity index (χ3n) is 3.44. The molecule has 2 aromatic rings. The minimum atomic E-state index is -0.424. The molecule has 3 N–H and O–H groups in total. The topological polar surface area (TPSA) is 61.4 Å². The van der Waals surface area contributed by atoms with Gasteiger partial charge in [0, 0.05) is 12.2 Å². The van der Waals surface area contributed by atoms with Crippen LogP contribution in [0.15, 0.2) is 42.5 Å². The Morgan fingerprint density at radius 3 is 2.65 bits per heavy atom. The fraction of sp³-hybridized carbons (Fsp3) is 0.267. The lowest BCUT2D eigenvalue weighted by molar-refractivity contribution is -0.117. The van der Waals surface area contributed by atoms with E-state index in [1.807, 2.05) is 42.5 Å². The van der Waals surface area contributed by atoms with Crippen LogP contribution in [0, 0.1) is 0 Å². The second-order valence-electron chi connectivity index (χ2n) is 4.90. The number of aliphatic hydroxyl groups is 1. The molecule has 3 rings (SSSR count). The lowest BCUT2D eigenvalue weighted by Gasteiger charge is -2.11. The number of halogens is 1. The number of hydrogen-bond acceptors (Lipinski definition) is 3. The summed E-state index contributed by atoms with van der Waals surface area (Å²) in [6.45, 7) is 0.482. The van der Waals surface area contributed by atoms with Gasteiger partial charge >= 0.3 is 0 Å². The van der Waals surface area contributed by atoms with E-state index in [1.165, 1.54) is 0 Å². The van der Waals surface area contributed by atoms with Gasteiger partial charge in [-0.2, -0.15) is 0 Å². The minimum Gasteiger partial charge on any atom is -0.392 e. The molecule has 5 heteroatoms. The molecule has 4 nitrogen and oxygen atoms in total. The van der Waals surface area contributed by atoms with Crippen LogP contribution in [0.5, 0.6) is 0 Å². The molecule has 0 spiro atoms. The molecule has 1 saturated heterocycles. The van der Waals surface area contributed by atoms with Gasteiger partial charge in [0.2, 0.25) is 5.91 Å². The summed E-state index contributed by atoms with van der Waals surface area (Å²) >= 11 is 0. The summed E-state index contributed by atoms with van der Waals surface area (Å²) in [6, 6.07) is 13.6. The SMILES string of the molecule is Cl.O=C(Nc1ccc2ccccc2c1)C1CC(O)CN1. The first-order chi connectivity index (χ1) is 9.22. The van der Waals surface area contributed by atoms with Crippen molar-refractivity contribution in [2.75, 3.05) is 11.9 Å². The molecular formula is C15H17ClN2O2. The third-order valence-corrected chi connectivity index (χ3v) is 3.44. The molecule has 20 heavy (non-hydrogen) atoms. The molecule has 1 aliphatic heterocycles. The number of nitrogens with one attached hydrogen (secondary N) is 2. The van der Waals surface area contributed by atoms with Gasteiger partial charge in [-0.15, -0.1) is 12.4 Å². The largest absolute Gasteiger partial charge is 0.392 e. The van der Waals surface area contributed by atoms with Crippen LogP contribution >= 0.6 is 12.4 Å². The lowest BCUT2D eigenvalue weighted by atomic mass is 10.1. The van der Waals surface area contributed by atoms with Crippen molar-refractivity contribution in [3.05, 3.63) is 42.5 Å². The van der Waals surface area contributed by atoms with Gasteiger partial charge in [0.25, 0.3) is 0 Å². The standard InChI is InChI=1S/C15H16N2O2.ClH/c18-13-8-14(16-9-13)15(19)17-12-6-5-10-3-1-2-4-11(10)7-12;/h1-7,13-14,16,18H,8-9H2,(H,17,19);1H. The Morgan fingerprint density at radius 2 is 1.95 bits per heavy atom. The highest BCUT2D eigenvalue weighted by molar-refractivity contribution is 5.97. The predicted octanol–water partition coefficient (Wildman–Crippen LogP) is 1.92. The highest BCUT2D eigenvalue weighted by atomic mass is 35.5. The van der Waals surface area contributed by atoms with Crippen LogP contribution in [-0.2, 0) is 4.79 Å². The van der Waals surface area contributed by atoms with E-state index >= 15 is 0 Å². The molecule has 2 aromatic carbocycles. The summed E-state index contributed by atoms with van der Waals surface area (Å²) in [4.78, 5) is 12.0. The van der Waals surface area contributed by atoms with Gasteiger partial charge in [0.15, 0.2) is 0 Å². The van der Waals surface area contributed by atoms with E-state index in [9.17, 15) is 9.90 Å². The Balaban J connectivity index is 0.00000147. The molecule has 2 atom stereocenters. The van der Waals surface area contributed by atoms with Gasteiger partial charge in [-0.3, -0.25) is 4.79 Å². The van der Waals surface area contributed by atoms with Gasteiger partial charge < -0.3 is 15.7 Å². The molecule has 0 aliphatic carbocycles. The van der Waals surface area contributed by atoms with Crippen molar-refractivity contribution in [2.24, 2.45) is 0 Å². The van der Waals surface area contributed by atoms with Gasteiger partial charge in [0.1, 0.15) is 0 Å². The van der Waals surface area contributed by atoms with Crippen molar-refractivity contribution in [1.29, 1.82) is 0 Å². The molecule has 1 amide bonds. The maximum Gasteiger partial charge on any atom is 0.241 e. The summed E-state index contributed by atoms with van der Waals surface area (Å²) in [5.74, 6) is -0.0909. The Hall–Kier alpha value is -1.62. The maximum atomic E-state index is 12.0. The molecule has 0 aromatic heterocycles. The van der Waals surface area contributed by atoms with E-state index < -0.39 is 6.10 Å². The summed E-state index contributed by atoms with van der Waals surface area (Å²) in [7, 11) is 0. The van der Waals surface area contributed by atoms with Crippen LogP contribution in [0.4, 0.5) is 5.69 Å². The number of amides is 1. The van der Waals surface area contributed by atoms with Gasteiger partial charge in [-0.05, 0) is 29.3 Å². The van der Waals surface area contributed by atoms with Crippen LogP contribution in [0.1, 0.15) is 6.42 Å². The number of anilines is 1.